The number of nitrogens with zero attached hydrogens (tertiary/aromatic N) is 1. The molecule has 0 atom stereocenters. The van der Waals surface area contributed by atoms with E-state index in [0.29, 0.717) is 41.2 Å². The summed E-state index contributed by atoms with van der Waals surface area (Å²) >= 11 is 5.88. The molecule has 8 heteroatoms. The summed E-state index contributed by atoms with van der Waals surface area (Å²) in [4.78, 5) is 41.0. The van der Waals surface area contributed by atoms with Crippen LogP contribution in [0.2, 0.25) is 5.02 Å². The van der Waals surface area contributed by atoms with Crippen LogP contribution in [-0.2, 0) is 11.3 Å². The van der Waals surface area contributed by atoms with Crippen molar-refractivity contribution in [2.45, 2.75) is 25.8 Å². The van der Waals surface area contributed by atoms with Crippen LogP contribution in [0.5, 0.6) is 0 Å². The van der Waals surface area contributed by atoms with Crippen molar-refractivity contribution in [2.75, 3.05) is 19.6 Å². The van der Waals surface area contributed by atoms with Gasteiger partial charge in [-0.25, -0.2) is 4.79 Å². The smallest absolute Gasteiger partial charge is 0.408 e. The molecule has 0 bridgehead atoms. The van der Waals surface area contributed by atoms with Crippen molar-refractivity contribution in [3.8, 4) is 0 Å². The first-order chi connectivity index (χ1) is 15.0. The summed E-state index contributed by atoms with van der Waals surface area (Å²) in [5.41, 5.74) is 2.52. The standard InChI is InChI=1S/C23H24ClN3O4/c24-18-4-1-15(2-5-18)14-25-22(29)16-7-10-27(11-8-16)12-9-20(28)17-3-6-19-21(13-17)31-23(30)26-19/h1-6,13,16H,7-12,14H2,(H,25,29)(H,26,30). The number of piperidine rings is 1. The van der Waals surface area contributed by atoms with Gasteiger partial charge in [0.15, 0.2) is 11.4 Å². The molecule has 7 nitrogen and oxygen atoms in total. The van der Waals surface area contributed by atoms with E-state index < -0.39 is 5.76 Å². The van der Waals surface area contributed by atoms with E-state index in [1.807, 2.05) is 24.3 Å². The predicted octanol–water partition coefficient (Wildman–Crippen LogP) is 3.38. The first-order valence-electron chi connectivity index (χ1n) is 10.4. The second-order valence-corrected chi connectivity index (χ2v) is 8.30. The highest BCUT2D eigenvalue weighted by atomic mass is 35.5. The van der Waals surface area contributed by atoms with E-state index in [1.54, 1.807) is 18.2 Å². The molecular formula is C23H24ClN3O4. The average molecular weight is 442 g/mol. The normalized spacial score (nSPS) is 15.3. The third kappa shape index (κ3) is 5.42. The fraction of sp³-hybridized carbons (Fsp3) is 0.348. The number of Topliss-reactive ketones (excluding diaryl/α,β-unsaturated/α-hetero) is 1. The van der Waals surface area contributed by atoms with Crippen LogP contribution in [0.15, 0.2) is 51.7 Å². The van der Waals surface area contributed by atoms with Crippen LogP contribution in [0.3, 0.4) is 0 Å². The van der Waals surface area contributed by atoms with Crippen LogP contribution < -0.4 is 11.1 Å². The molecular weight excluding hydrogens is 418 g/mol. The number of rotatable bonds is 7. The molecule has 0 saturated carbocycles. The third-order valence-electron chi connectivity index (χ3n) is 5.74. The number of amides is 1. The van der Waals surface area contributed by atoms with Crippen molar-refractivity contribution in [1.82, 2.24) is 15.2 Å². The molecule has 0 aliphatic carbocycles. The van der Waals surface area contributed by atoms with E-state index in [9.17, 15) is 14.4 Å². The van der Waals surface area contributed by atoms with Crippen LogP contribution in [0, 0.1) is 5.92 Å². The minimum Gasteiger partial charge on any atom is -0.408 e. The van der Waals surface area contributed by atoms with Crippen molar-refractivity contribution < 1.29 is 14.0 Å². The molecule has 4 rings (SSSR count). The summed E-state index contributed by atoms with van der Waals surface area (Å²) in [5.74, 6) is -0.446. The number of halogens is 1. The van der Waals surface area contributed by atoms with Crippen LogP contribution in [0.1, 0.15) is 35.2 Å². The maximum atomic E-state index is 12.5. The van der Waals surface area contributed by atoms with Gasteiger partial charge in [-0.05, 0) is 61.8 Å². The van der Waals surface area contributed by atoms with Gasteiger partial charge < -0.3 is 14.6 Å². The number of nitrogens with one attached hydrogen (secondary N) is 2. The lowest BCUT2D eigenvalue weighted by atomic mass is 9.95. The minimum absolute atomic E-state index is 0.00171. The quantitative estimate of drug-likeness (QED) is 0.548. The minimum atomic E-state index is -0.528. The van der Waals surface area contributed by atoms with Gasteiger partial charge in [0.2, 0.25) is 5.91 Å². The SMILES string of the molecule is O=C(CCN1CCC(C(=O)NCc2ccc(Cl)cc2)CC1)c1ccc2[nH]c(=O)oc2c1. The van der Waals surface area contributed by atoms with Crippen molar-refractivity contribution in [3.05, 3.63) is 69.2 Å². The Morgan fingerprint density at radius 3 is 2.61 bits per heavy atom. The van der Waals surface area contributed by atoms with Crippen LogP contribution in [-0.4, -0.2) is 41.2 Å². The molecule has 1 fully saturated rings. The number of oxazole rings is 1. The molecule has 1 aliphatic heterocycles. The Hall–Kier alpha value is -2.90. The van der Waals surface area contributed by atoms with Gasteiger partial charge in [0.05, 0.1) is 5.52 Å². The van der Waals surface area contributed by atoms with Crippen LogP contribution >= 0.6 is 11.6 Å². The highest BCUT2D eigenvalue weighted by Gasteiger charge is 2.25. The van der Waals surface area contributed by atoms with Gasteiger partial charge in [-0.2, -0.15) is 0 Å². The second-order valence-electron chi connectivity index (χ2n) is 7.86. The molecule has 2 N–H and O–H groups in total. The van der Waals surface area contributed by atoms with Crippen LogP contribution in [0.4, 0.5) is 0 Å². The molecule has 1 amide bonds. The van der Waals surface area contributed by atoms with Gasteiger partial charge in [-0.15, -0.1) is 0 Å². The maximum Gasteiger partial charge on any atom is 0.417 e. The fourth-order valence-electron chi connectivity index (χ4n) is 3.88. The third-order valence-corrected chi connectivity index (χ3v) is 5.99. The Balaban J connectivity index is 1.21. The van der Waals surface area contributed by atoms with E-state index >= 15 is 0 Å². The molecule has 1 aliphatic rings. The molecule has 0 radical (unpaired) electrons. The summed E-state index contributed by atoms with van der Waals surface area (Å²) in [5, 5.41) is 3.68. The second kappa shape index (κ2) is 9.49. The first kappa shape index (κ1) is 21.3. The number of likely N-dealkylation sites (tertiary alicyclic amines) is 1. The van der Waals surface area contributed by atoms with E-state index in [2.05, 4.69) is 15.2 Å². The van der Waals surface area contributed by atoms with Gasteiger partial charge >= 0.3 is 5.76 Å². The van der Waals surface area contributed by atoms with Gasteiger partial charge in [0.1, 0.15) is 0 Å². The zero-order chi connectivity index (χ0) is 21.8. The van der Waals surface area contributed by atoms with Gasteiger partial charge in [0.25, 0.3) is 0 Å². The van der Waals surface area contributed by atoms with Crippen molar-refractivity contribution >= 4 is 34.4 Å². The molecule has 1 aromatic heterocycles. The first-order valence-corrected chi connectivity index (χ1v) is 10.8. The number of H-pyrrole nitrogens is 1. The predicted molar refractivity (Wildman–Crippen MR) is 118 cm³/mol. The summed E-state index contributed by atoms with van der Waals surface area (Å²) in [6, 6.07) is 12.4. The topological polar surface area (TPSA) is 95.4 Å². The molecule has 2 heterocycles. The van der Waals surface area contributed by atoms with Gasteiger partial charge in [-0.3, -0.25) is 14.6 Å². The molecule has 2 aromatic carbocycles. The lowest BCUT2D eigenvalue weighted by Gasteiger charge is -2.31. The summed E-state index contributed by atoms with van der Waals surface area (Å²) < 4.78 is 5.02. The summed E-state index contributed by atoms with van der Waals surface area (Å²) in [7, 11) is 0. The number of carbonyl (C=O) groups is 2. The Morgan fingerprint density at radius 2 is 1.87 bits per heavy atom. The van der Waals surface area contributed by atoms with Crippen molar-refractivity contribution in [2.24, 2.45) is 5.92 Å². The molecule has 1 saturated heterocycles. The number of carbonyl (C=O) groups excluding carboxylic acids is 2. The number of hydrogen-bond acceptors (Lipinski definition) is 5. The fourth-order valence-corrected chi connectivity index (χ4v) is 4.00. The van der Waals surface area contributed by atoms with Crippen LogP contribution in [0.25, 0.3) is 11.1 Å². The lowest BCUT2D eigenvalue weighted by molar-refractivity contribution is -0.126. The maximum absolute atomic E-state index is 12.5. The van der Waals surface area contributed by atoms with Crippen molar-refractivity contribution in [3.63, 3.8) is 0 Å². The molecule has 3 aromatic rings. The monoisotopic (exact) mass is 441 g/mol. The molecule has 31 heavy (non-hydrogen) atoms. The summed E-state index contributed by atoms with van der Waals surface area (Å²) in [6.45, 7) is 2.72. The van der Waals surface area contributed by atoms with E-state index in [1.165, 1.54) is 0 Å². The average Bonchev–Trinajstić information content (AvgIpc) is 3.16. The highest BCUT2D eigenvalue weighted by Crippen LogP contribution is 2.19. The molecule has 0 unspecified atom stereocenters. The van der Waals surface area contributed by atoms with Crippen molar-refractivity contribution in [1.29, 1.82) is 0 Å². The van der Waals surface area contributed by atoms with E-state index in [-0.39, 0.29) is 17.6 Å². The van der Waals surface area contributed by atoms with Gasteiger partial charge in [-0.1, -0.05) is 23.7 Å². The number of hydrogen-bond donors (Lipinski definition) is 2. The number of aromatic nitrogens is 1. The number of ketones is 1. The number of aromatic amines is 1. The van der Waals surface area contributed by atoms with E-state index in [0.717, 1.165) is 31.5 Å². The number of fused-ring (bicyclic) bond motifs is 1. The lowest BCUT2D eigenvalue weighted by Crippen LogP contribution is -2.41. The zero-order valence-electron chi connectivity index (χ0n) is 17.0. The Kier molecular flexibility index (Phi) is 6.53. The Morgan fingerprint density at radius 1 is 1.13 bits per heavy atom. The Labute approximate surface area is 184 Å². The number of benzene rings is 2. The van der Waals surface area contributed by atoms with E-state index in [4.69, 9.17) is 16.0 Å². The largest absolute Gasteiger partial charge is 0.417 e. The summed E-state index contributed by atoms with van der Waals surface area (Å²) in [6.07, 6.45) is 1.94. The molecule has 0 spiro atoms. The van der Waals surface area contributed by atoms with Gasteiger partial charge in [0, 0.05) is 36.0 Å². The molecule has 162 valence electrons. The highest BCUT2D eigenvalue weighted by molar-refractivity contribution is 6.30. The Bertz CT molecular complexity index is 1130. The zero-order valence-corrected chi connectivity index (χ0v) is 17.8.